The zero-order valence-corrected chi connectivity index (χ0v) is 12.0. The van der Waals surface area contributed by atoms with Crippen molar-refractivity contribution in [3.8, 4) is 0 Å². The second-order valence-electron chi connectivity index (χ2n) is 4.98. The van der Waals surface area contributed by atoms with E-state index in [-0.39, 0.29) is 11.8 Å². The summed E-state index contributed by atoms with van der Waals surface area (Å²) in [5.41, 5.74) is 5.02. The Morgan fingerprint density at radius 3 is 1.74 bits per heavy atom. The van der Waals surface area contributed by atoms with Gasteiger partial charge < -0.3 is 21.1 Å². The van der Waals surface area contributed by atoms with E-state index in [9.17, 15) is 14.4 Å². The van der Waals surface area contributed by atoms with Gasteiger partial charge in [-0.25, -0.2) is 9.59 Å². The van der Waals surface area contributed by atoms with Gasteiger partial charge in [0.05, 0.1) is 7.11 Å². The normalized spacial score (nSPS) is 13.8. The van der Waals surface area contributed by atoms with Gasteiger partial charge in [0.2, 0.25) is 5.91 Å². The highest BCUT2D eigenvalue weighted by Gasteiger charge is 2.30. The molecule has 2 atom stereocenters. The first-order chi connectivity index (χ1) is 8.70. The third-order valence-electron chi connectivity index (χ3n) is 2.67. The monoisotopic (exact) mass is 273 g/mol. The predicted octanol–water partition coefficient (Wildman–Crippen LogP) is -0.00690. The lowest BCUT2D eigenvalue weighted by molar-refractivity contribution is -0.146. The highest BCUT2D eigenvalue weighted by atomic mass is 16.5. The van der Waals surface area contributed by atoms with Crippen molar-refractivity contribution in [2.75, 3.05) is 7.11 Å². The van der Waals surface area contributed by atoms with E-state index < -0.39 is 30.0 Å². The van der Waals surface area contributed by atoms with Crippen molar-refractivity contribution in [2.24, 2.45) is 17.6 Å². The molecule has 19 heavy (non-hydrogen) atoms. The average molecular weight is 273 g/mol. The molecule has 0 bridgehead atoms. The van der Waals surface area contributed by atoms with Gasteiger partial charge in [0.1, 0.15) is 12.1 Å². The molecule has 0 fully saturated rings. The number of hydrogen-bond donors (Lipinski definition) is 3. The van der Waals surface area contributed by atoms with E-state index in [1.165, 1.54) is 7.11 Å². The number of esters is 1. The Hall–Kier alpha value is -1.79. The van der Waals surface area contributed by atoms with Crippen LogP contribution in [0, 0.1) is 11.8 Å². The number of ether oxygens (including phenoxy) is 1. The fourth-order valence-electron chi connectivity index (χ4n) is 1.56. The summed E-state index contributed by atoms with van der Waals surface area (Å²) in [7, 11) is 1.26. The standard InChI is InChI=1S/C12H23N3O4/c1-6(2)8(15-12(13)18)10(16)14-9(7(3)4)11(17)19-5/h6-9H,1-5H3,(H,14,16)(H3,13,15,18). The van der Waals surface area contributed by atoms with Gasteiger partial charge in [0.25, 0.3) is 0 Å². The first-order valence-corrected chi connectivity index (χ1v) is 6.14. The number of nitrogens with two attached hydrogens (primary N) is 1. The summed E-state index contributed by atoms with van der Waals surface area (Å²) in [6, 6.07) is -2.33. The molecular formula is C12H23N3O4. The molecule has 0 saturated heterocycles. The molecular weight excluding hydrogens is 250 g/mol. The molecule has 0 spiro atoms. The summed E-state index contributed by atoms with van der Waals surface area (Å²) in [4.78, 5) is 34.5. The van der Waals surface area contributed by atoms with Crippen LogP contribution < -0.4 is 16.4 Å². The van der Waals surface area contributed by atoms with E-state index >= 15 is 0 Å². The number of rotatable bonds is 6. The van der Waals surface area contributed by atoms with Crippen molar-refractivity contribution in [1.29, 1.82) is 0 Å². The fourth-order valence-corrected chi connectivity index (χ4v) is 1.56. The fraction of sp³-hybridized carbons (Fsp3) is 0.750. The number of carbonyl (C=O) groups is 3. The minimum atomic E-state index is -0.789. The lowest BCUT2D eigenvalue weighted by atomic mass is 10.0. The van der Waals surface area contributed by atoms with Gasteiger partial charge >= 0.3 is 12.0 Å². The van der Waals surface area contributed by atoms with Crippen LogP contribution in [0.1, 0.15) is 27.7 Å². The Morgan fingerprint density at radius 2 is 1.42 bits per heavy atom. The SMILES string of the molecule is COC(=O)C(NC(=O)C(NC(N)=O)C(C)C)C(C)C. The quantitative estimate of drug-likeness (QED) is 0.591. The zero-order valence-electron chi connectivity index (χ0n) is 12.0. The summed E-state index contributed by atoms with van der Waals surface area (Å²) in [5, 5.41) is 4.93. The minimum absolute atomic E-state index is 0.127. The number of amides is 3. The van der Waals surface area contributed by atoms with Crippen molar-refractivity contribution >= 4 is 17.9 Å². The smallest absolute Gasteiger partial charge is 0.328 e. The van der Waals surface area contributed by atoms with Crippen molar-refractivity contribution < 1.29 is 19.1 Å². The van der Waals surface area contributed by atoms with Crippen LogP contribution in [-0.4, -0.2) is 37.1 Å². The topological polar surface area (TPSA) is 111 Å². The van der Waals surface area contributed by atoms with E-state index in [1.54, 1.807) is 27.7 Å². The van der Waals surface area contributed by atoms with Gasteiger partial charge in [0, 0.05) is 0 Å². The van der Waals surface area contributed by atoms with E-state index in [2.05, 4.69) is 15.4 Å². The highest BCUT2D eigenvalue weighted by molar-refractivity contribution is 5.90. The molecule has 4 N–H and O–H groups in total. The molecule has 7 heteroatoms. The Labute approximate surface area is 113 Å². The van der Waals surface area contributed by atoms with Crippen LogP contribution in [-0.2, 0) is 14.3 Å². The van der Waals surface area contributed by atoms with Crippen LogP contribution in [0.3, 0.4) is 0 Å². The number of hydrogen-bond acceptors (Lipinski definition) is 4. The van der Waals surface area contributed by atoms with E-state index in [0.717, 1.165) is 0 Å². The zero-order chi connectivity index (χ0) is 15.2. The molecule has 0 heterocycles. The molecule has 0 aliphatic carbocycles. The first-order valence-electron chi connectivity index (χ1n) is 6.14. The van der Waals surface area contributed by atoms with Crippen LogP contribution in [0.4, 0.5) is 4.79 Å². The maximum atomic E-state index is 12.1. The second kappa shape index (κ2) is 7.60. The maximum absolute atomic E-state index is 12.1. The third-order valence-corrected chi connectivity index (χ3v) is 2.67. The van der Waals surface area contributed by atoms with Gasteiger partial charge in [-0.2, -0.15) is 0 Å². The summed E-state index contributed by atoms with van der Waals surface area (Å²) in [6.07, 6.45) is 0. The Morgan fingerprint density at radius 1 is 0.947 bits per heavy atom. The van der Waals surface area contributed by atoms with Crippen molar-refractivity contribution in [2.45, 2.75) is 39.8 Å². The van der Waals surface area contributed by atoms with Crippen molar-refractivity contribution in [3.63, 3.8) is 0 Å². The van der Waals surface area contributed by atoms with Crippen LogP contribution in [0.5, 0.6) is 0 Å². The number of methoxy groups -OCH3 is 1. The summed E-state index contributed by atoms with van der Waals surface area (Å²) >= 11 is 0. The average Bonchev–Trinajstić information content (AvgIpc) is 2.30. The summed E-state index contributed by atoms with van der Waals surface area (Å²) in [6.45, 7) is 7.10. The van der Waals surface area contributed by atoms with Gasteiger partial charge in [-0.15, -0.1) is 0 Å². The van der Waals surface area contributed by atoms with Gasteiger partial charge in [-0.3, -0.25) is 4.79 Å². The molecule has 0 aromatic carbocycles. The molecule has 2 unspecified atom stereocenters. The van der Waals surface area contributed by atoms with Gasteiger partial charge in [0.15, 0.2) is 0 Å². The lowest BCUT2D eigenvalue weighted by Crippen LogP contribution is -2.56. The molecule has 0 aromatic heterocycles. The third kappa shape index (κ3) is 5.58. The molecule has 3 amide bonds. The van der Waals surface area contributed by atoms with Crippen LogP contribution >= 0.6 is 0 Å². The van der Waals surface area contributed by atoms with Crippen molar-refractivity contribution in [3.05, 3.63) is 0 Å². The van der Waals surface area contributed by atoms with Crippen LogP contribution in [0.25, 0.3) is 0 Å². The van der Waals surface area contributed by atoms with E-state index in [1.807, 2.05) is 0 Å². The number of carbonyl (C=O) groups excluding carboxylic acids is 3. The first kappa shape index (κ1) is 17.2. The van der Waals surface area contributed by atoms with E-state index in [4.69, 9.17) is 5.73 Å². The molecule has 0 aliphatic heterocycles. The summed E-state index contributed by atoms with van der Waals surface area (Å²) < 4.78 is 4.63. The minimum Gasteiger partial charge on any atom is -0.467 e. The molecule has 0 saturated carbocycles. The maximum Gasteiger partial charge on any atom is 0.328 e. The number of urea groups is 1. The molecule has 0 aliphatic rings. The number of primary amides is 1. The largest absolute Gasteiger partial charge is 0.467 e. The van der Waals surface area contributed by atoms with Crippen molar-refractivity contribution in [1.82, 2.24) is 10.6 Å². The summed E-state index contributed by atoms with van der Waals surface area (Å²) in [5.74, 6) is -1.27. The second-order valence-corrected chi connectivity index (χ2v) is 4.98. The highest BCUT2D eigenvalue weighted by Crippen LogP contribution is 2.07. The molecule has 0 radical (unpaired) electrons. The molecule has 7 nitrogen and oxygen atoms in total. The Kier molecular flexibility index (Phi) is 6.89. The predicted molar refractivity (Wildman–Crippen MR) is 70.1 cm³/mol. The van der Waals surface area contributed by atoms with Gasteiger partial charge in [-0.05, 0) is 11.8 Å². The molecule has 0 rings (SSSR count). The van der Waals surface area contributed by atoms with Gasteiger partial charge in [-0.1, -0.05) is 27.7 Å². The Bertz CT molecular complexity index is 342. The lowest BCUT2D eigenvalue weighted by Gasteiger charge is -2.25. The molecule has 110 valence electrons. The number of nitrogens with one attached hydrogen (secondary N) is 2. The van der Waals surface area contributed by atoms with Crippen LogP contribution in [0.15, 0.2) is 0 Å². The van der Waals surface area contributed by atoms with E-state index in [0.29, 0.717) is 0 Å². The van der Waals surface area contributed by atoms with Crippen LogP contribution in [0.2, 0.25) is 0 Å². The molecule has 0 aromatic rings. The Balaban J connectivity index is 4.85.